The van der Waals surface area contributed by atoms with E-state index in [1.165, 1.54) is 12.1 Å². The summed E-state index contributed by atoms with van der Waals surface area (Å²) < 4.78 is 54.7. The number of nitrogens with zero attached hydrogens (tertiary/aromatic N) is 4. The first-order valence-corrected chi connectivity index (χ1v) is 16.7. The van der Waals surface area contributed by atoms with Crippen LogP contribution in [-0.2, 0) is 0 Å². The highest BCUT2D eigenvalue weighted by Crippen LogP contribution is 2.36. The minimum absolute atomic E-state index is 0.0310. The summed E-state index contributed by atoms with van der Waals surface area (Å²) in [6.45, 7) is 0. The summed E-state index contributed by atoms with van der Waals surface area (Å²) in [6.07, 6.45) is 0. The summed E-state index contributed by atoms with van der Waals surface area (Å²) in [4.78, 5) is 15.3. The van der Waals surface area contributed by atoms with E-state index in [9.17, 15) is 0 Å². The molecule has 0 atom stereocenters. The average Bonchev–Trinajstić information content (AvgIpc) is 3.62. The van der Waals surface area contributed by atoms with E-state index in [4.69, 9.17) is 23.2 Å². The zero-order valence-electron chi connectivity index (χ0n) is 33.1. The van der Waals surface area contributed by atoms with Gasteiger partial charge < -0.3 is 4.57 Å². The lowest BCUT2D eigenvalue weighted by atomic mass is 10.0. The molecule has 238 valence electrons. The molecule has 0 radical (unpaired) electrons. The average molecular weight is 657 g/mol. The molecular weight excluding hydrogens is 621 g/mol. The van der Waals surface area contributed by atoms with Crippen LogP contribution >= 0.6 is 0 Å². The lowest BCUT2D eigenvalue weighted by Gasteiger charge is -2.14. The smallest absolute Gasteiger partial charge is 0.164 e. The van der Waals surface area contributed by atoms with Gasteiger partial charge in [-0.05, 0) is 75.1 Å². The van der Waals surface area contributed by atoms with Crippen molar-refractivity contribution < 1.29 is 8.22 Å². The molecule has 10 aromatic rings. The van der Waals surface area contributed by atoms with Crippen molar-refractivity contribution in [2.75, 3.05) is 0 Å². The van der Waals surface area contributed by atoms with E-state index in [2.05, 4.69) is 48.5 Å². The van der Waals surface area contributed by atoms with E-state index < -0.39 is 0 Å². The second-order valence-corrected chi connectivity index (χ2v) is 12.5. The summed E-state index contributed by atoms with van der Waals surface area (Å²) in [7, 11) is 0. The Morgan fingerprint density at radius 2 is 0.863 bits per heavy atom. The van der Waals surface area contributed by atoms with Crippen LogP contribution in [-0.4, -0.2) is 19.5 Å². The Morgan fingerprint density at radius 1 is 0.373 bits per heavy atom. The number of benzene rings is 8. The highest BCUT2D eigenvalue weighted by molar-refractivity contribution is 6.09. The van der Waals surface area contributed by atoms with Crippen LogP contribution < -0.4 is 0 Å². The largest absolute Gasteiger partial charge is 0.309 e. The summed E-state index contributed by atoms with van der Waals surface area (Å²) >= 11 is 0. The van der Waals surface area contributed by atoms with Crippen LogP contribution in [0.5, 0.6) is 0 Å². The molecule has 0 saturated carbocycles. The van der Waals surface area contributed by atoms with Crippen LogP contribution in [0.1, 0.15) is 8.22 Å². The number of fused-ring (bicyclic) bond motifs is 5. The molecule has 2 heterocycles. The van der Waals surface area contributed by atoms with Gasteiger partial charge in [0.15, 0.2) is 17.5 Å². The predicted molar refractivity (Wildman–Crippen MR) is 211 cm³/mol. The zero-order chi connectivity index (χ0) is 38.9. The lowest BCUT2D eigenvalue weighted by molar-refractivity contribution is 1.07. The van der Waals surface area contributed by atoms with E-state index in [0.29, 0.717) is 28.7 Å². The van der Waals surface area contributed by atoms with Gasteiger partial charge in [-0.25, -0.2) is 15.0 Å². The molecule has 0 unspecified atom stereocenters. The quantitative estimate of drug-likeness (QED) is 0.185. The fourth-order valence-corrected chi connectivity index (χ4v) is 6.86. The Morgan fingerprint density at radius 3 is 1.43 bits per heavy atom. The molecule has 10 rings (SSSR count). The Balaban J connectivity index is 1.29. The number of aromatic nitrogens is 4. The van der Waals surface area contributed by atoms with E-state index in [-0.39, 0.29) is 58.1 Å². The van der Waals surface area contributed by atoms with Gasteiger partial charge in [-0.2, -0.15) is 0 Å². The maximum Gasteiger partial charge on any atom is 0.164 e. The van der Waals surface area contributed by atoms with Gasteiger partial charge in [0.05, 0.1) is 19.3 Å². The third kappa shape index (κ3) is 5.13. The molecule has 0 aliphatic rings. The molecule has 4 heteroatoms. The first kappa shape index (κ1) is 23.4. The molecular formula is C47H30N4. The molecule has 0 saturated heterocycles. The van der Waals surface area contributed by atoms with Crippen molar-refractivity contribution in [3.05, 3.63) is 182 Å². The van der Waals surface area contributed by atoms with Gasteiger partial charge in [-0.15, -0.1) is 0 Å². The monoisotopic (exact) mass is 656 g/mol. The van der Waals surface area contributed by atoms with Crippen LogP contribution in [0.15, 0.2) is 182 Å². The van der Waals surface area contributed by atoms with Crippen LogP contribution in [0.2, 0.25) is 0 Å². The van der Waals surface area contributed by atoms with Gasteiger partial charge >= 0.3 is 0 Å². The number of para-hydroxylation sites is 2. The van der Waals surface area contributed by atoms with E-state index in [1.807, 2.05) is 84.9 Å². The number of hydrogen-bond acceptors (Lipinski definition) is 3. The van der Waals surface area contributed by atoms with E-state index >= 15 is 0 Å². The number of rotatable bonds is 5. The van der Waals surface area contributed by atoms with Gasteiger partial charge in [0, 0.05) is 33.2 Å². The van der Waals surface area contributed by atoms with Crippen molar-refractivity contribution in [1.82, 2.24) is 19.5 Å². The maximum absolute atomic E-state index is 9.09. The van der Waals surface area contributed by atoms with Crippen molar-refractivity contribution in [2.24, 2.45) is 0 Å². The fourth-order valence-electron chi connectivity index (χ4n) is 6.86. The topological polar surface area (TPSA) is 43.6 Å². The van der Waals surface area contributed by atoms with E-state index in [0.717, 1.165) is 43.8 Å². The van der Waals surface area contributed by atoms with Crippen molar-refractivity contribution in [3.8, 4) is 51.0 Å². The lowest BCUT2D eigenvalue weighted by Crippen LogP contribution is -2.02. The third-order valence-electron chi connectivity index (χ3n) is 9.32. The standard InChI is InChI=1S/C47H30N4/c1-2-12-31(13-3-1)38-28-39(30-40(29-38)51-43-20-10-8-18-41(43)42-19-9-11-21-44(42)51)47-49-45(36-24-22-32-14-4-6-16-34(32)26-36)48-46(50-47)37-25-23-33-15-5-7-17-35(33)27-37/h1-30H/i8D,9D,18D,19D,20D,21D. The van der Waals surface area contributed by atoms with Crippen LogP contribution in [0.3, 0.4) is 0 Å². The van der Waals surface area contributed by atoms with Crippen molar-refractivity contribution in [3.63, 3.8) is 0 Å². The Bertz CT molecular complexity index is 3100. The molecule has 0 N–H and O–H groups in total. The van der Waals surface area contributed by atoms with Gasteiger partial charge in [0.25, 0.3) is 0 Å². The predicted octanol–water partition coefficient (Wildman–Crippen LogP) is 11.9. The maximum atomic E-state index is 9.09. The zero-order valence-corrected chi connectivity index (χ0v) is 27.1. The molecule has 51 heavy (non-hydrogen) atoms. The molecule has 0 amide bonds. The molecule has 0 bridgehead atoms. The van der Waals surface area contributed by atoms with Gasteiger partial charge in [-0.1, -0.05) is 139 Å². The van der Waals surface area contributed by atoms with Crippen molar-refractivity contribution >= 4 is 43.4 Å². The minimum atomic E-state index is -0.167. The number of hydrogen-bond donors (Lipinski definition) is 0. The fraction of sp³-hybridized carbons (Fsp3) is 0. The second kappa shape index (κ2) is 11.9. The summed E-state index contributed by atoms with van der Waals surface area (Å²) in [5, 5.41) is 4.69. The first-order valence-electron chi connectivity index (χ1n) is 19.7. The molecule has 0 fully saturated rings. The molecule has 2 aromatic heterocycles. The molecule has 0 aliphatic heterocycles. The summed E-state index contributed by atoms with van der Waals surface area (Å²) in [5.41, 5.74) is 5.09. The van der Waals surface area contributed by atoms with Crippen molar-refractivity contribution in [2.45, 2.75) is 0 Å². The second-order valence-electron chi connectivity index (χ2n) is 12.5. The minimum Gasteiger partial charge on any atom is -0.309 e. The normalized spacial score (nSPS) is 13.2. The Labute approximate surface area is 303 Å². The van der Waals surface area contributed by atoms with Crippen LogP contribution in [0, 0.1) is 0 Å². The molecule has 4 nitrogen and oxygen atoms in total. The Hall–Kier alpha value is -6.91. The highest BCUT2D eigenvalue weighted by Gasteiger charge is 2.18. The van der Waals surface area contributed by atoms with Gasteiger partial charge in [0.1, 0.15) is 0 Å². The molecule has 0 spiro atoms. The third-order valence-corrected chi connectivity index (χ3v) is 9.32. The van der Waals surface area contributed by atoms with Crippen LogP contribution in [0.25, 0.3) is 94.3 Å². The first-order chi connectivity index (χ1) is 27.7. The molecule has 0 aliphatic carbocycles. The summed E-state index contributed by atoms with van der Waals surface area (Å²) in [6, 6.07) is 46.2. The SMILES string of the molecule is [2H]c1cc([2H])c2c(c1[2H])c1c([2H])c([2H])cc([2H])c1n2-c1cc(-c2ccccc2)cc(-c2nc(-c3ccc4ccccc4c3)nc(-c3ccc4ccccc4c3)n2)c1. The summed E-state index contributed by atoms with van der Waals surface area (Å²) in [5.74, 6) is 1.38. The van der Waals surface area contributed by atoms with Gasteiger partial charge in [0.2, 0.25) is 0 Å². The Kier molecular flexibility index (Phi) is 5.47. The molecule has 8 aromatic carbocycles. The van der Waals surface area contributed by atoms with E-state index in [1.54, 1.807) is 4.57 Å². The van der Waals surface area contributed by atoms with Crippen molar-refractivity contribution in [1.29, 1.82) is 0 Å². The van der Waals surface area contributed by atoms with Gasteiger partial charge in [-0.3, -0.25) is 0 Å². The highest BCUT2D eigenvalue weighted by atomic mass is 15.0. The van der Waals surface area contributed by atoms with Crippen LogP contribution in [0.4, 0.5) is 0 Å².